The predicted octanol–water partition coefficient (Wildman–Crippen LogP) is 0.224. The Labute approximate surface area is 85.7 Å². The van der Waals surface area contributed by atoms with Crippen LogP contribution >= 0.6 is 0 Å². The SMILES string of the molecule is CC(=O)CCC(=O)On1c(O)ccc1O. The van der Waals surface area contributed by atoms with Crippen LogP contribution in [-0.4, -0.2) is 26.7 Å². The van der Waals surface area contributed by atoms with Crippen molar-refractivity contribution in [2.45, 2.75) is 19.8 Å². The van der Waals surface area contributed by atoms with Crippen molar-refractivity contribution in [1.29, 1.82) is 0 Å². The number of aromatic nitrogens is 1. The minimum Gasteiger partial charge on any atom is -0.492 e. The fraction of sp³-hybridized carbons (Fsp3) is 0.333. The Morgan fingerprint density at radius 2 is 1.80 bits per heavy atom. The van der Waals surface area contributed by atoms with Gasteiger partial charge in [-0.3, -0.25) is 0 Å². The highest BCUT2D eigenvalue weighted by molar-refractivity contribution is 5.81. The van der Waals surface area contributed by atoms with Crippen LogP contribution in [0.15, 0.2) is 12.1 Å². The number of nitrogens with zero attached hydrogens (tertiary/aromatic N) is 1. The summed E-state index contributed by atoms with van der Waals surface area (Å²) in [7, 11) is 0. The molecule has 0 atom stereocenters. The number of rotatable bonds is 4. The smallest absolute Gasteiger partial charge is 0.333 e. The van der Waals surface area contributed by atoms with Gasteiger partial charge in [-0.1, -0.05) is 0 Å². The van der Waals surface area contributed by atoms with Crippen molar-refractivity contribution in [2.24, 2.45) is 0 Å². The summed E-state index contributed by atoms with van der Waals surface area (Å²) in [5, 5.41) is 18.2. The second kappa shape index (κ2) is 4.50. The van der Waals surface area contributed by atoms with Gasteiger partial charge in [0.1, 0.15) is 5.78 Å². The summed E-state index contributed by atoms with van der Waals surface area (Å²) in [6.07, 6.45) is -0.0198. The standard InChI is InChI=1S/C9H11NO5/c1-6(11)2-5-9(14)15-10-7(12)3-4-8(10)13/h3-4,12-13H,2,5H2,1H3. The first kappa shape index (κ1) is 11.1. The van der Waals surface area contributed by atoms with Crippen molar-refractivity contribution in [3.05, 3.63) is 12.1 Å². The van der Waals surface area contributed by atoms with Crippen LogP contribution < -0.4 is 4.84 Å². The highest BCUT2D eigenvalue weighted by atomic mass is 16.7. The van der Waals surface area contributed by atoms with Gasteiger partial charge in [0.15, 0.2) is 0 Å². The summed E-state index contributed by atoms with van der Waals surface area (Å²) in [6.45, 7) is 1.36. The van der Waals surface area contributed by atoms with Crippen molar-refractivity contribution in [3.63, 3.8) is 0 Å². The Morgan fingerprint density at radius 3 is 2.27 bits per heavy atom. The summed E-state index contributed by atoms with van der Waals surface area (Å²) < 4.78 is 0.586. The molecule has 6 nitrogen and oxygen atoms in total. The Morgan fingerprint density at radius 1 is 1.27 bits per heavy atom. The second-order valence-electron chi connectivity index (χ2n) is 3.01. The van der Waals surface area contributed by atoms with E-state index in [1.54, 1.807) is 0 Å². The number of Topliss-reactive ketones (excluding diaryl/α,β-unsaturated/α-hetero) is 1. The van der Waals surface area contributed by atoms with Crippen molar-refractivity contribution >= 4 is 11.8 Å². The van der Waals surface area contributed by atoms with E-state index in [0.29, 0.717) is 4.73 Å². The first-order chi connectivity index (χ1) is 7.00. The number of ketones is 1. The Kier molecular flexibility index (Phi) is 3.33. The van der Waals surface area contributed by atoms with Gasteiger partial charge in [0.25, 0.3) is 0 Å². The average Bonchev–Trinajstić information content (AvgIpc) is 2.46. The molecule has 0 aliphatic carbocycles. The van der Waals surface area contributed by atoms with Gasteiger partial charge in [-0.15, -0.1) is 4.73 Å². The number of hydrogen-bond donors (Lipinski definition) is 2. The minimum absolute atomic E-state index is 0.0711. The molecule has 1 aromatic heterocycles. The lowest BCUT2D eigenvalue weighted by Gasteiger charge is -2.05. The minimum atomic E-state index is -0.702. The number of aromatic hydroxyl groups is 2. The fourth-order valence-electron chi connectivity index (χ4n) is 0.921. The molecule has 2 N–H and O–H groups in total. The molecule has 0 unspecified atom stereocenters. The van der Waals surface area contributed by atoms with E-state index in [-0.39, 0.29) is 30.4 Å². The molecule has 0 aliphatic heterocycles. The van der Waals surface area contributed by atoms with E-state index < -0.39 is 5.97 Å². The van der Waals surface area contributed by atoms with Crippen molar-refractivity contribution < 1.29 is 24.6 Å². The van der Waals surface area contributed by atoms with Crippen LogP contribution in [0, 0.1) is 0 Å². The van der Waals surface area contributed by atoms with Gasteiger partial charge < -0.3 is 19.8 Å². The molecule has 1 aromatic rings. The quantitative estimate of drug-likeness (QED) is 0.747. The average molecular weight is 213 g/mol. The van der Waals surface area contributed by atoms with Crippen LogP contribution in [0.4, 0.5) is 0 Å². The largest absolute Gasteiger partial charge is 0.492 e. The van der Waals surface area contributed by atoms with E-state index in [1.165, 1.54) is 19.1 Å². The Bertz CT molecular complexity index is 362. The van der Waals surface area contributed by atoms with E-state index in [1.807, 2.05) is 0 Å². The summed E-state index contributed by atoms with van der Waals surface area (Å²) in [6, 6.07) is 2.35. The molecule has 0 fully saturated rings. The topological polar surface area (TPSA) is 88.8 Å². The van der Waals surface area contributed by atoms with Crippen LogP contribution in [0.5, 0.6) is 11.8 Å². The molecule has 0 saturated heterocycles. The molecule has 0 aliphatic rings. The monoisotopic (exact) mass is 213 g/mol. The van der Waals surface area contributed by atoms with E-state index in [9.17, 15) is 9.59 Å². The molecule has 15 heavy (non-hydrogen) atoms. The van der Waals surface area contributed by atoms with Gasteiger partial charge in [0.2, 0.25) is 11.8 Å². The summed E-state index contributed by atoms with van der Waals surface area (Å²) in [4.78, 5) is 26.3. The normalized spacial score (nSPS) is 9.93. The zero-order valence-electron chi connectivity index (χ0n) is 8.14. The lowest BCUT2D eigenvalue weighted by atomic mass is 10.2. The van der Waals surface area contributed by atoms with Crippen LogP contribution in [0.25, 0.3) is 0 Å². The third-order valence-corrected chi connectivity index (χ3v) is 1.67. The Balaban J connectivity index is 2.55. The van der Waals surface area contributed by atoms with Crippen LogP contribution in [-0.2, 0) is 9.59 Å². The number of carbonyl (C=O) groups excluding carboxylic acids is 2. The van der Waals surface area contributed by atoms with E-state index in [0.717, 1.165) is 0 Å². The van der Waals surface area contributed by atoms with Crippen LogP contribution in [0.3, 0.4) is 0 Å². The van der Waals surface area contributed by atoms with Gasteiger partial charge in [-0.2, -0.15) is 0 Å². The lowest BCUT2D eigenvalue weighted by molar-refractivity contribution is -0.146. The first-order valence-corrected chi connectivity index (χ1v) is 4.31. The third kappa shape index (κ3) is 3.01. The van der Waals surface area contributed by atoms with Gasteiger partial charge in [0, 0.05) is 18.6 Å². The maximum absolute atomic E-state index is 11.1. The molecule has 0 bridgehead atoms. The molecule has 0 saturated carbocycles. The van der Waals surface area contributed by atoms with Gasteiger partial charge in [-0.05, 0) is 6.92 Å². The molecule has 0 radical (unpaired) electrons. The highest BCUT2D eigenvalue weighted by Gasteiger charge is 2.12. The molecule has 1 rings (SSSR count). The molecule has 0 spiro atoms. The zero-order chi connectivity index (χ0) is 11.4. The molecule has 0 aromatic carbocycles. The Hall–Kier alpha value is -1.98. The molecular weight excluding hydrogens is 202 g/mol. The summed E-state index contributed by atoms with van der Waals surface area (Å²) >= 11 is 0. The fourth-order valence-corrected chi connectivity index (χ4v) is 0.921. The summed E-state index contributed by atoms with van der Waals surface area (Å²) in [5.41, 5.74) is 0. The van der Waals surface area contributed by atoms with Gasteiger partial charge >= 0.3 is 5.97 Å². The van der Waals surface area contributed by atoms with E-state index >= 15 is 0 Å². The van der Waals surface area contributed by atoms with Crippen LogP contribution in [0.1, 0.15) is 19.8 Å². The summed E-state index contributed by atoms with van der Waals surface area (Å²) in [5.74, 6) is -1.60. The maximum atomic E-state index is 11.1. The van der Waals surface area contributed by atoms with Crippen molar-refractivity contribution in [1.82, 2.24) is 4.73 Å². The molecule has 1 heterocycles. The van der Waals surface area contributed by atoms with E-state index in [4.69, 9.17) is 10.2 Å². The molecule has 0 amide bonds. The predicted molar refractivity (Wildman–Crippen MR) is 49.3 cm³/mol. The van der Waals surface area contributed by atoms with Crippen molar-refractivity contribution in [3.8, 4) is 11.8 Å². The van der Waals surface area contributed by atoms with Crippen molar-refractivity contribution in [2.75, 3.05) is 0 Å². The highest BCUT2D eigenvalue weighted by Crippen LogP contribution is 2.18. The van der Waals surface area contributed by atoms with Gasteiger partial charge in [-0.25, -0.2) is 4.79 Å². The van der Waals surface area contributed by atoms with E-state index in [2.05, 4.69) is 4.84 Å². The maximum Gasteiger partial charge on any atom is 0.333 e. The molecular formula is C9H11NO5. The number of hydrogen-bond acceptors (Lipinski definition) is 5. The number of carbonyl (C=O) groups is 2. The second-order valence-corrected chi connectivity index (χ2v) is 3.01. The molecule has 82 valence electrons. The van der Waals surface area contributed by atoms with Gasteiger partial charge in [0.05, 0.1) is 6.42 Å². The third-order valence-electron chi connectivity index (χ3n) is 1.67. The zero-order valence-corrected chi connectivity index (χ0v) is 8.14. The lowest BCUT2D eigenvalue weighted by Crippen LogP contribution is -2.19. The first-order valence-electron chi connectivity index (χ1n) is 4.31. The molecule has 6 heteroatoms. The van der Waals surface area contributed by atoms with Crippen LogP contribution in [0.2, 0.25) is 0 Å².